The Kier molecular flexibility index (Phi) is 5.40. The highest BCUT2D eigenvalue weighted by Gasteiger charge is 2.15. The zero-order valence-corrected chi connectivity index (χ0v) is 15.5. The molecule has 0 aromatic carbocycles. The standard InChI is InChI=1S/C15H21N5O2S2/c1-19-11(8-12(21)20(2)15(19)22)9-23-14-18-17-13(24-14)16-10-6-4-3-5-7-10/h8,10H,3-7,9H2,1-2H3,(H,16,17). The van der Waals surface area contributed by atoms with Crippen LogP contribution in [-0.2, 0) is 19.8 Å². The van der Waals surface area contributed by atoms with Gasteiger partial charge in [0, 0.05) is 37.7 Å². The van der Waals surface area contributed by atoms with E-state index in [-0.39, 0.29) is 11.2 Å². The third kappa shape index (κ3) is 3.89. The molecule has 3 rings (SSSR count). The van der Waals surface area contributed by atoms with Crippen molar-refractivity contribution < 1.29 is 0 Å². The number of nitrogens with one attached hydrogen (secondary N) is 1. The molecule has 0 unspecified atom stereocenters. The van der Waals surface area contributed by atoms with Crippen molar-refractivity contribution in [3.63, 3.8) is 0 Å². The van der Waals surface area contributed by atoms with Crippen molar-refractivity contribution in [2.75, 3.05) is 5.32 Å². The summed E-state index contributed by atoms with van der Waals surface area (Å²) in [6, 6.07) is 2.00. The van der Waals surface area contributed by atoms with E-state index in [9.17, 15) is 9.59 Å². The van der Waals surface area contributed by atoms with Crippen LogP contribution in [0.25, 0.3) is 0 Å². The van der Waals surface area contributed by atoms with Gasteiger partial charge < -0.3 is 5.32 Å². The number of nitrogens with zero attached hydrogens (tertiary/aromatic N) is 4. The van der Waals surface area contributed by atoms with E-state index in [2.05, 4.69) is 15.5 Å². The topological polar surface area (TPSA) is 81.8 Å². The first-order valence-corrected chi connectivity index (χ1v) is 9.83. The molecule has 1 fully saturated rings. The normalized spacial score (nSPS) is 15.6. The Hall–Kier alpha value is -1.61. The van der Waals surface area contributed by atoms with Gasteiger partial charge in [-0.15, -0.1) is 10.2 Å². The average Bonchev–Trinajstić information content (AvgIpc) is 3.03. The van der Waals surface area contributed by atoms with Crippen molar-refractivity contribution in [1.82, 2.24) is 19.3 Å². The SMILES string of the molecule is Cn1c(CSc2nnc(NC3CCCCC3)s2)cc(=O)n(C)c1=O. The van der Waals surface area contributed by atoms with Crippen molar-refractivity contribution in [2.45, 2.75) is 48.2 Å². The Labute approximate surface area is 148 Å². The Bertz CT molecular complexity index is 820. The Morgan fingerprint density at radius 2 is 1.96 bits per heavy atom. The third-order valence-corrected chi connectivity index (χ3v) is 6.33. The van der Waals surface area contributed by atoms with Crippen molar-refractivity contribution in [2.24, 2.45) is 14.1 Å². The average molecular weight is 368 g/mol. The number of anilines is 1. The highest BCUT2D eigenvalue weighted by Crippen LogP contribution is 2.29. The molecule has 24 heavy (non-hydrogen) atoms. The summed E-state index contributed by atoms with van der Waals surface area (Å²) in [4.78, 5) is 23.7. The fourth-order valence-electron chi connectivity index (χ4n) is 2.80. The first-order valence-electron chi connectivity index (χ1n) is 8.03. The number of thioether (sulfide) groups is 1. The van der Waals surface area contributed by atoms with Crippen LogP contribution in [0, 0.1) is 0 Å². The summed E-state index contributed by atoms with van der Waals surface area (Å²) < 4.78 is 3.43. The molecule has 0 amide bonds. The molecule has 0 aliphatic heterocycles. The second kappa shape index (κ2) is 7.52. The summed E-state index contributed by atoms with van der Waals surface area (Å²) in [5, 5.41) is 12.7. The van der Waals surface area contributed by atoms with Crippen LogP contribution in [0.15, 0.2) is 20.0 Å². The quantitative estimate of drug-likeness (QED) is 0.814. The Balaban J connectivity index is 1.63. The number of rotatable bonds is 5. The van der Waals surface area contributed by atoms with E-state index in [0.29, 0.717) is 17.5 Å². The van der Waals surface area contributed by atoms with Gasteiger partial charge in [-0.3, -0.25) is 13.9 Å². The Morgan fingerprint density at radius 1 is 1.21 bits per heavy atom. The van der Waals surface area contributed by atoms with Crippen molar-refractivity contribution in [1.29, 1.82) is 0 Å². The molecule has 0 spiro atoms. The maximum Gasteiger partial charge on any atom is 0.330 e. The zero-order chi connectivity index (χ0) is 17.1. The summed E-state index contributed by atoms with van der Waals surface area (Å²) in [5.74, 6) is 0.514. The maximum atomic E-state index is 11.9. The minimum absolute atomic E-state index is 0.286. The lowest BCUT2D eigenvalue weighted by molar-refractivity contribution is 0.462. The molecule has 0 saturated heterocycles. The molecular weight excluding hydrogens is 346 g/mol. The van der Waals surface area contributed by atoms with E-state index >= 15 is 0 Å². The van der Waals surface area contributed by atoms with Crippen LogP contribution in [0.2, 0.25) is 0 Å². The monoisotopic (exact) mass is 367 g/mol. The zero-order valence-electron chi connectivity index (χ0n) is 13.8. The van der Waals surface area contributed by atoms with Gasteiger partial charge in [0.2, 0.25) is 5.13 Å². The number of hydrogen-bond acceptors (Lipinski definition) is 7. The third-order valence-electron chi connectivity index (χ3n) is 4.31. The molecule has 1 saturated carbocycles. The van der Waals surface area contributed by atoms with Crippen LogP contribution < -0.4 is 16.6 Å². The van der Waals surface area contributed by atoms with Gasteiger partial charge in [-0.25, -0.2) is 4.79 Å². The van der Waals surface area contributed by atoms with E-state index in [1.54, 1.807) is 7.05 Å². The summed E-state index contributed by atoms with van der Waals surface area (Å²) >= 11 is 3.01. The van der Waals surface area contributed by atoms with Gasteiger partial charge in [0.1, 0.15) is 0 Å². The van der Waals surface area contributed by atoms with Crippen LogP contribution in [0.3, 0.4) is 0 Å². The van der Waals surface area contributed by atoms with E-state index in [1.807, 2.05) is 0 Å². The second-order valence-electron chi connectivity index (χ2n) is 6.02. The summed E-state index contributed by atoms with van der Waals surface area (Å²) in [5.41, 5.74) is 0.0886. The van der Waals surface area contributed by atoms with Crippen LogP contribution in [0.5, 0.6) is 0 Å². The van der Waals surface area contributed by atoms with Gasteiger partial charge in [-0.1, -0.05) is 42.4 Å². The molecule has 7 nitrogen and oxygen atoms in total. The van der Waals surface area contributed by atoms with E-state index in [4.69, 9.17) is 0 Å². The fourth-order valence-corrected chi connectivity index (χ4v) is 4.65. The molecule has 1 aliphatic rings. The van der Waals surface area contributed by atoms with Gasteiger partial charge >= 0.3 is 5.69 Å². The predicted molar refractivity (Wildman–Crippen MR) is 96.9 cm³/mol. The maximum absolute atomic E-state index is 11.9. The minimum Gasteiger partial charge on any atom is -0.357 e. The van der Waals surface area contributed by atoms with Gasteiger partial charge in [-0.05, 0) is 12.8 Å². The molecule has 0 atom stereocenters. The summed E-state index contributed by atoms with van der Waals surface area (Å²) in [6.07, 6.45) is 6.25. The first kappa shape index (κ1) is 17.2. The van der Waals surface area contributed by atoms with Gasteiger partial charge in [-0.2, -0.15) is 0 Å². The van der Waals surface area contributed by atoms with Crippen LogP contribution >= 0.6 is 23.1 Å². The molecule has 0 bridgehead atoms. The first-order chi connectivity index (χ1) is 11.5. The second-order valence-corrected chi connectivity index (χ2v) is 8.22. The van der Waals surface area contributed by atoms with E-state index in [1.165, 1.54) is 72.9 Å². The van der Waals surface area contributed by atoms with E-state index in [0.717, 1.165) is 14.0 Å². The van der Waals surface area contributed by atoms with Crippen LogP contribution in [0.1, 0.15) is 37.8 Å². The van der Waals surface area contributed by atoms with Gasteiger partial charge in [0.05, 0.1) is 0 Å². The lowest BCUT2D eigenvalue weighted by Crippen LogP contribution is -2.37. The molecule has 2 heterocycles. The smallest absolute Gasteiger partial charge is 0.330 e. The number of hydrogen-bond donors (Lipinski definition) is 1. The fraction of sp³-hybridized carbons (Fsp3) is 0.600. The molecule has 130 valence electrons. The Morgan fingerprint density at radius 3 is 2.71 bits per heavy atom. The van der Waals surface area contributed by atoms with E-state index < -0.39 is 0 Å². The molecule has 1 aliphatic carbocycles. The van der Waals surface area contributed by atoms with Crippen molar-refractivity contribution in [3.8, 4) is 0 Å². The summed E-state index contributed by atoms with van der Waals surface area (Å²) in [7, 11) is 3.16. The lowest BCUT2D eigenvalue weighted by Gasteiger charge is -2.21. The van der Waals surface area contributed by atoms with Crippen molar-refractivity contribution in [3.05, 3.63) is 32.6 Å². The minimum atomic E-state index is -0.310. The largest absolute Gasteiger partial charge is 0.357 e. The summed E-state index contributed by atoms with van der Waals surface area (Å²) in [6.45, 7) is 0. The molecule has 0 radical (unpaired) electrons. The van der Waals surface area contributed by atoms with Crippen LogP contribution in [0.4, 0.5) is 5.13 Å². The highest BCUT2D eigenvalue weighted by atomic mass is 32.2. The number of aromatic nitrogens is 4. The van der Waals surface area contributed by atoms with Gasteiger partial charge in [0.15, 0.2) is 4.34 Å². The van der Waals surface area contributed by atoms with Crippen LogP contribution in [-0.4, -0.2) is 25.4 Å². The molecular formula is C15H21N5O2S2. The molecule has 9 heteroatoms. The lowest BCUT2D eigenvalue weighted by atomic mass is 9.96. The predicted octanol–water partition coefficient (Wildman–Crippen LogP) is 1.97. The van der Waals surface area contributed by atoms with Crippen molar-refractivity contribution >= 4 is 28.2 Å². The van der Waals surface area contributed by atoms with Gasteiger partial charge in [0.25, 0.3) is 5.56 Å². The molecule has 2 aromatic rings. The molecule has 1 N–H and O–H groups in total. The molecule has 2 aromatic heterocycles. The highest BCUT2D eigenvalue weighted by molar-refractivity contribution is 8.00.